The van der Waals surface area contributed by atoms with Crippen LogP contribution in [0.5, 0.6) is 0 Å². The standard InChI is InChI=1S/4C3H7.Ti/c4*1-3-2;/h4*1,3H2,2H3;/q4*-1;+4. The van der Waals surface area contributed by atoms with E-state index >= 15 is 0 Å². The summed E-state index contributed by atoms with van der Waals surface area (Å²) in [7, 11) is 0. The van der Waals surface area contributed by atoms with E-state index in [0.717, 1.165) is 25.7 Å². The summed E-state index contributed by atoms with van der Waals surface area (Å²) in [4.78, 5) is 0. The van der Waals surface area contributed by atoms with Crippen LogP contribution in [0.4, 0.5) is 0 Å². The van der Waals surface area contributed by atoms with Gasteiger partial charge in [-0.2, -0.15) is 25.7 Å². The maximum atomic E-state index is 3.49. The van der Waals surface area contributed by atoms with Gasteiger partial charge in [-0.1, -0.05) is 27.7 Å². The van der Waals surface area contributed by atoms with Crippen molar-refractivity contribution in [3.8, 4) is 0 Å². The van der Waals surface area contributed by atoms with Crippen LogP contribution < -0.4 is 0 Å². The fourth-order valence-electron chi connectivity index (χ4n) is 0. The van der Waals surface area contributed by atoms with E-state index in [-0.39, 0.29) is 21.7 Å². The summed E-state index contributed by atoms with van der Waals surface area (Å²) < 4.78 is 0. The first-order chi connectivity index (χ1) is 5.66. The predicted molar refractivity (Wildman–Crippen MR) is 62.6 cm³/mol. The zero-order valence-corrected chi connectivity index (χ0v) is 11.7. The Kier molecular flexibility index (Phi) is 176. The van der Waals surface area contributed by atoms with E-state index in [0.29, 0.717) is 0 Å². The minimum Gasteiger partial charge on any atom is -0.344 e. The molecule has 0 nitrogen and oxygen atoms in total. The summed E-state index contributed by atoms with van der Waals surface area (Å²) in [6.45, 7) is 22.0. The van der Waals surface area contributed by atoms with Gasteiger partial charge in [0.25, 0.3) is 0 Å². The van der Waals surface area contributed by atoms with Gasteiger partial charge in [-0.05, 0) is 0 Å². The summed E-state index contributed by atoms with van der Waals surface area (Å²) in [5.41, 5.74) is 0. The molecule has 0 saturated carbocycles. The second-order valence-electron chi connectivity index (χ2n) is 2.00. The summed E-state index contributed by atoms with van der Waals surface area (Å²) in [5, 5.41) is 0. The molecule has 0 spiro atoms. The zero-order chi connectivity index (χ0) is 10.8. The van der Waals surface area contributed by atoms with Crippen molar-refractivity contribution in [3.05, 3.63) is 27.7 Å². The Morgan fingerprint density at radius 3 is 0.538 bits per heavy atom. The second-order valence-corrected chi connectivity index (χ2v) is 2.00. The molecule has 0 aromatic rings. The average Bonchev–Trinajstić information content (AvgIpc) is 1.92. The van der Waals surface area contributed by atoms with Crippen molar-refractivity contribution >= 4 is 0 Å². The third kappa shape index (κ3) is 2860. The molecule has 0 aromatic carbocycles. The monoisotopic (exact) mass is 220 g/mol. The van der Waals surface area contributed by atoms with Crippen molar-refractivity contribution in [3.63, 3.8) is 0 Å². The van der Waals surface area contributed by atoms with Crippen LogP contribution in [-0.4, -0.2) is 0 Å². The van der Waals surface area contributed by atoms with Crippen LogP contribution in [-0.2, 0) is 21.7 Å². The molecule has 0 aromatic heterocycles. The van der Waals surface area contributed by atoms with Crippen molar-refractivity contribution in [2.75, 3.05) is 0 Å². The summed E-state index contributed by atoms with van der Waals surface area (Å²) in [6.07, 6.45) is 4.00. The minimum absolute atomic E-state index is 0. The summed E-state index contributed by atoms with van der Waals surface area (Å²) in [6, 6.07) is 0. The molecule has 0 amide bonds. The third-order valence-corrected chi connectivity index (χ3v) is 0. The SMILES string of the molecule is [CH2-]CC.[CH2-]CC.[CH2-]CC.[CH2-]CC.[Ti+4]. The van der Waals surface area contributed by atoms with E-state index in [2.05, 4.69) is 27.7 Å². The molecule has 0 atom stereocenters. The van der Waals surface area contributed by atoms with E-state index in [9.17, 15) is 0 Å². The molecule has 0 saturated heterocycles. The van der Waals surface area contributed by atoms with Crippen LogP contribution in [0.1, 0.15) is 53.4 Å². The molecule has 0 N–H and O–H groups in total. The van der Waals surface area contributed by atoms with Gasteiger partial charge in [0.05, 0.1) is 0 Å². The van der Waals surface area contributed by atoms with Crippen LogP contribution in [0.2, 0.25) is 0 Å². The molecule has 0 aliphatic rings. The van der Waals surface area contributed by atoms with Crippen molar-refractivity contribution in [2.45, 2.75) is 53.4 Å². The fraction of sp³-hybridized carbons (Fsp3) is 0.667. The molecule has 0 aliphatic carbocycles. The van der Waals surface area contributed by atoms with E-state index < -0.39 is 0 Å². The van der Waals surface area contributed by atoms with Crippen LogP contribution in [0.15, 0.2) is 0 Å². The van der Waals surface area contributed by atoms with Gasteiger partial charge in [0.15, 0.2) is 0 Å². The Hall–Kier alpha value is 0.714. The number of hydrogen-bond donors (Lipinski definition) is 0. The molecular weight excluding hydrogens is 192 g/mol. The van der Waals surface area contributed by atoms with E-state index in [1.807, 2.05) is 27.7 Å². The normalized spacial score (nSPS) is 5.54. The molecule has 80 valence electrons. The van der Waals surface area contributed by atoms with Crippen LogP contribution in [0.25, 0.3) is 0 Å². The zero-order valence-electron chi connectivity index (χ0n) is 10.2. The Morgan fingerprint density at radius 1 is 0.538 bits per heavy atom. The topological polar surface area (TPSA) is 0 Å². The molecule has 0 bridgehead atoms. The van der Waals surface area contributed by atoms with Gasteiger partial charge >= 0.3 is 21.7 Å². The maximum Gasteiger partial charge on any atom is 4.00 e. The molecule has 0 unspecified atom stereocenters. The van der Waals surface area contributed by atoms with Crippen molar-refractivity contribution < 1.29 is 21.7 Å². The van der Waals surface area contributed by atoms with Crippen molar-refractivity contribution in [1.29, 1.82) is 0 Å². The largest absolute Gasteiger partial charge is 4.00 e. The van der Waals surface area contributed by atoms with E-state index in [1.165, 1.54) is 0 Å². The molecule has 13 heavy (non-hydrogen) atoms. The Morgan fingerprint density at radius 2 is 0.538 bits per heavy atom. The van der Waals surface area contributed by atoms with Gasteiger partial charge in [0.2, 0.25) is 0 Å². The smallest absolute Gasteiger partial charge is 0.344 e. The van der Waals surface area contributed by atoms with Gasteiger partial charge in [-0.15, -0.1) is 0 Å². The predicted octanol–water partition coefficient (Wildman–Crippen LogP) is 4.92. The van der Waals surface area contributed by atoms with Crippen LogP contribution in [0, 0.1) is 27.7 Å². The van der Waals surface area contributed by atoms with Crippen LogP contribution in [0.3, 0.4) is 0 Å². The first-order valence-corrected chi connectivity index (χ1v) is 4.83. The van der Waals surface area contributed by atoms with Gasteiger partial charge in [-0.25, -0.2) is 0 Å². The fourth-order valence-corrected chi connectivity index (χ4v) is 0. The third-order valence-electron chi connectivity index (χ3n) is 0. The van der Waals surface area contributed by atoms with E-state index in [1.54, 1.807) is 0 Å². The Bertz CT molecular complexity index is 13.1. The summed E-state index contributed by atoms with van der Waals surface area (Å²) >= 11 is 0. The van der Waals surface area contributed by atoms with Crippen molar-refractivity contribution in [1.82, 2.24) is 0 Å². The van der Waals surface area contributed by atoms with Crippen LogP contribution >= 0.6 is 0 Å². The molecular formula is C12H28Ti. The van der Waals surface area contributed by atoms with Crippen molar-refractivity contribution in [2.24, 2.45) is 0 Å². The molecule has 0 aliphatic heterocycles. The maximum absolute atomic E-state index is 3.49. The van der Waals surface area contributed by atoms with Gasteiger partial charge in [0.1, 0.15) is 0 Å². The minimum atomic E-state index is 0. The average molecular weight is 220 g/mol. The molecule has 0 radical (unpaired) electrons. The molecule has 0 fully saturated rings. The summed E-state index contributed by atoms with van der Waals surface area (Å²) in [5.74, 6) is 0. The van der Waals surface area contributed by atoms with Gasteiger partial charge in [-0.3, -0.25) is 0 Å². The van der Waals surface area contributed by atoms with E-state index in [4.69, 9.17) is 0 Å². The Labute approximate surface area is 103 Å². The second kappa shape index (κ2) is 78.5. The number of hydrogen-bond acceptors (Lipinski definition) is 0. The number of rotatable bonds is 0. The van der Waals surface area contributed by atoms with Gasteiger partial charge in [0, 0.05) is 0 Å². The molecule has 0 rings (SSSR count). The Balaban J connectivity index is -0.0000000213. The first-order valence-electron chi connectivity index (χ1n) is 4.83. The molecule has 1 heteroatoms. The molecule has 0 heterocycles. The van der Waals surface area contributed by atoms with Gasteiger partial charge < -0.3 is 27.7 Å². The first kappa shape index (κ1) is 29.2. The quantitative estimate of drug-likeness (QED) is 0.401.